The van der Waals surface area contributed by atoms with Crippen LogP contribution >= 0.6 is 12.2 Å². The van der Waals surface area contributed by atoms with Crippen LogP contribution in [0.25, 0.3) is 11.4 Å². The molecule has 1 heterocycles. The molecule has 4 nitrogen and oxygen atoms in total. The molecule has 0 atom stereocenters. The van der Waals surface area contributed by atoms with Crippen LogP contribution in [-0.2, 0) is 6.54 Å². The van der Waals surface area contributed by atoms with E-state index in [0.29, 0.717) is 22.7 Å². The van der Waals surface area contributed by atoms with Crippen LogP contribution in [0.2, 0.25) is 0 Å². The van der Waals surface area contributed by atoms with Crippen LogP contribution in [0.3, 0.4) is 0 Å². The summed E-state index contributed by atoms with van der Waals surface area (Å²) in [4.78, 5) is 0. The highest BCUT2D eigenvalue weighted by molar-refractivity contribution is 7.71. The molecule has 0 aliphatic heterocycles. The molecule has 0 fully saturated rings. The zero-order chi connectivity index (χ0) is 13.1. The van der Waals surface area contributed by atoms with Crippen LogP contribution in [-0.4, -0.2) is 21.4 Å². The minimum atomic E-state index is -2.84. The first kappa shape index (κ1) is 12.7. The molecule has 2 aromatic rings. The van der Waals surface area contributed by atoms with Crippen LogP contribution in [0.1, 0.15) is 6.92 Å². The van der Waals surface area contributed by atoms with Gasteiger partial charge in [0.1, 0.15) is 5.75 Å². The number of benzene rings is 1. The van der Waals surface area contributed by atoms with Crippen molar-refractivity contribution in [2.24, 2.45) is 0 Å². The Morgan fingerprint density at radius 2 is 2.28 bits per heavy atom. The molecule has 0 spiro atoms. The fourth-order valence-corrected chi connectivity index (χ4v) is 1.90. The molecule has 0 aliphatic rings. The van der Waals surface area contributed by atoms with Crippen LogP contribution in [0, 0.1) is 4.77 Å². The molecule has 1 aromatic heterocycles. The van der Waals surface area contributed by atoms with E-state index in [9.17, 15) is 8.78 Å². The quantitative estimate of drug-likeness (QED) is 0.868. The second-order valence-corrected chi connectivity index (χ2v) is 3.89. The monoisotopic (exact) mass is 271 g/mol. The van der Waals surface area contributed by atoms with E-state index in [2.05, 4.69) is 14.9 Å². The van der Waals surface area contributed by atoms with Crippen molar-refractivity contribution in [3.05, 3.63) is 29.0 Å². The van der Waals surface area contributed by atoms with Gasteiger partial charge in [-0.25, -0.2) is 0 Å². The summed E-state index contributed by atoms with van der Waals surface area (Å²) < 4.78 is 30.9. The largest absolute Gasteiger partial charge is 0.435 e. The van der Waals surface area contributed by atoms with Gasteiger partial charge in [-0.15, -0.1) is 0 Å². The molecule has 0 saturated carbocycles. The van der Waals surface area contributed by atoms with Gasteiger partial charge in [0.25, 0.3) is 0 Å². The minimum absolute atomic E-state index is 0.0964. The molecular weight excluding hydrogens is 260 g/mol. The number of alkyl halides is 2. The number of rotatable bonds is 4. The van der Waals surface area contributed by atoms with E-state index in [1.165, 1.54) is 12.1 Å². The van der Waals surface area contributed by atoms with E-state index in [0.717, 1.165) is 0 Å². The third kappa shape index (κ3) is 2.56. The average Bonchev–Trinajstić information content (AvgIpc) is 2.70. The first-order valence-corrected chi connectivity index (χ1v) is 5.73. The number of hydrogen-bond acceptors (Lipinski definition) is 3. The van der Waals surface area contributed by atoms with E-state index in [1.54, 1.807) is 16.7 Å². The number of aromatic amines is 1. The topological polar surface area (TPSA) is 42.8 Å². The lowest BCUT2D eigenvalue weighted by Crippen LogP contribution is -2.02. The van der Waals surface area contributed by atoms with Gasteiger partial charge in [0.2, 0.25) is 0 Å². The molecule has 1 N–H and O–H groups in total. The van der Waals surface area contributed by atoms with Crippen molar-refractivity contribution < 1.29 is 13.5 Å². The highest BCUT2D eigenvalue weighted by Crippen LogP contribution is 2.23. The van der Waals surface area contributed by atoms with Gasteiger partial charge in [-0.3, -0.25) is 5.10 Å². The average molecular weight is 271 g/mol. The van der Waals surface area contributed by atoms with Gasteiger partial charge in [0.15, 0.2) is 10.6 Å². The molecule has 1 aromatic carbocycles. The molecule has 96 valence electrons. The highest BCUT2D eigenvalue weighted by atomic mass is 32.1. The number of nitrogens with one attached hydrogen (secondary N) is 1. The Morgan fingerprint density at radius 1 is 1.50 bits per heavy atom. The van der Waals surface area contributed by atoms with Crippen LogP contribution in [0.5, 0.6) is 5.75 Å². The van der Waals surface area contributed by atoms with Gasteiger partial charge >= 0.3 is 6.61 Å². The Morgan fingerprint density at radius 3 is 2.94 bits per heavy atom. The molecular formula is C11H11F2N3OS. The van der Waals surface area contributed by atoms with Crippen molar-refractivity contribution in [3.8, 4) is 17.1 Å². The van der Waals surface area contributed by atoms with Gasteiger partial charge in [0.05, 0.1) is 0 Å². The predicted octanol–water partition coefficient (Wildman–Crippen LogP) is 3.23. The standard InChI is InChI=1S/C11H11F2N3OS/c1-2-16-9(14-15-11(16)18)7-4-3-5-8(6-7)17-10(12)13/h3-6,10H,2H2,1H3,(H,15,18). The number of ether oxygens (including phenoxy) is 1. The normalized spacial score (nSPS) is 10.9. The Labute approximate surface area is 107 Å². The SMILES string of the molecule is CCn1c(-c2cccc(OC(F)F)c2)n[nH]c1=S. The fourth-order valence-electron chi connectivity index (χ4n) is 1.64. The maximum absolute atomic E-state index is 12.1. The Kier molecular flexibility index (Phi) is 3.71. The number of halogens is 2. The summed E-state index contributed by atoms with van der Waals surface area (Å²) in [7, 11) is 0. The molecule has 0 aliphatic carbocycles. The van der Waals surface area contributed by atoms with Gasteiger partial charge < -0.3 is 9.30 Å². The maximum atomic E-state index is 12.1. The zero-order valence-electron chi connectivity index (χ0n) is 9.56. The van der Waals surface area contributed by atoms with Crippen LogP contribution in [0.15, 0.2) is 24.3 Å². The van der Waals surface area contributed by atoms with Crippen LogP contribution < -0.4 is 4.74 Å². The molecule has 7 heteroatoms. The first-order chi connectivity index (χ1) is 8.61. The summed E-state index contributed by atoms with van der Waals surface area (Å²) in [5, 5.41) is 6.75. The second-order valence-electron chi connectivity index (χ2n) is 3.50. The van der Waals surface area contributed by atoms with Gasteiger partial charge in [-0.1, -0.05) is 12.1 Å². The third-order valence-corrected chi connectivity index (χ3v) is 2.70. The van der Waals surface area contributed by atoms with E-state index in [1.807, 2.05) is 6.92 Å². The van der Waals surface area contributed by atoms with Gasteiger partial charge in [0, 0.05) is 12.1 Å². The van der Waals surface area contributed by atoms with Crippen molar-refractivity contribution in [2.75, 3.05) is 0 Å². The smallest absolute Gasteiger partial charge is 0.387 e. The lowest BCUT2D eigenvalue weighted by atomic mass is 10.2. The third-order valence-electron chi connectivity index (χ3n) is 2.39. The zero-order valence-corrected chi connectivity index (χ0v) is 10.4. The summed E-state index contributed by atoms with van der Waals surface area (Å²) in [5.74, 6) is 0.696. The summed E-state index contributed by atoms with van der Waals surface area (Å²) in [6.45, 7) is -0.272. The molecule has 0 unspecified atom stereocenters. The Bertz CT molecular complexity index is 594. The van der Waals surface area contributed by atoms with Crippen LogP contribution in [0.4, 0.5) is 8.78 Å². The molecule has 18 heavy (non-hydrogen) atoms. The molecule has 0 bridgehead atoms. The number of hydrogen-bond donors (Lipinski definition) is 1. The molecule has 0 amide bonds. The number of aromatic nitrogens is 3. The maximum Gasteiger partial charge on any atom is 0.387 e. The molecule has 2 rings (SSSR count). The van der Waals surface area contributed by atoms with Crippen molar-refractivity contribution in [3.63, 3.8) is 0 Å². The predicted molar refractivity (Wildman–Crippen MR) is 65.2 cm³/mol. The van der Waals surface area contributed by atoms with E-state index in [-0.39, 0.29) is 5.75 Å². The lowest BCUT2D eigenvalue weighted by Gasteiger charge is -2.07. The van der Waals surface area contributed by atoms with Crippen molar-refractivity contribution in [1.82, 2.24) is 14.8 Å². The highest BCUT2D eigenvalue weighted by Gasteiger charge is 2.10. The molecule has 0 saturated heterocycles. The van der Waals surface area contributed by atoms with Gasteiger partial charge in [-0.05, 0) is 31.3 Å². The number of nitrogens with zero attached hydrogens (tertiary/aromatic N) is 2. The van der Waals surface area contributed by atoms with Crippen molar-refractivity contribution in [1.29, 1.82) is 0 Å². The molecule has 0 radical (unpaired) electrons. The lowest BCUT2D eigenvalue weighted by molar-refractivity contribution is -0.0498. The van der Waals surface area contributed by atoms with E-state index >= 15 is 0 Å². The summed E-state index contributed by atoms with van der Waals surface area (Å²) in [6.07, 6.45) is 0. The first-order valence-electron chi connectivity index (χ1n) is 5.32. The minimum Gasteiger partial charge on any atom is -0.435 e. The van der Waals surface area contributed by atoms with E-state index in [4.69, 9.17) is 12.2 Å². The summed E-state index contributed by atoms with van der Waals surface area (Å²) in [6, 6.07) is 6.36. The Balaban J connectivity index is 2.41. The van der Waals surface area contributed by atoms with Crippen molar-refractivity contribution in [2.45, 2.75) is 20.1 Å². The van der Waals surface area contributed by atoms with Gasteiger partial charge in [-0.2, -0.15) is 13.9 Å². The number of H-pyrrole nitrogens is 1. The second kappa shape index (κ2) is 5.26. The van der Waals surface area contributed by atoms with Crippen molar-refractivity contribution >= 4 is 12.2 Å². The van der Waals surface area contributed by atoms with E-state index < -0.39 is 6.61 Å². The summed E-state index contributed by atoms with van der Waals surface area (Å²) >= 11 is 5.07. The Hall–Kier alpha value is -1.76. The summed E-state index contributed by atoms with van der Waals surface area (Å²) in [5.41, 5.74) is 0.669. The fraction of sp³-hybridized carbons (Fsp3) is 0.273.